The molecule has 10 heteroatoms. The van der Waals surface area contributed by atoms with Crippen LogP contribution in [-0.4, -0.2) is 27.3 Å². The van der Waals surface area contributed by atoms with Crippen molar-refractivity contribution in [3.05, 3.63) is 27.6 Å². The number of rotatable bonds is 3. The first-order chi connectivity index (χ1) is 8.13. The fourth-order valence-corrected chi connectivity index (χ4v) is 1.15. The van der Waals surface area contributed by atoms with Gasteiger partial charge in [-0.15, -0.1) is 13.2 Å². The van der Waals surface area contributed by atoms with Crippen LogP contribution in [-0.2, 0) is 0 Å². The molecule has 0 spiro atoms. The highest BCUT2D eigenvalue weighted by Crippen LogP contribution is 2.36. The van der Waals surface area contributed by atoms with E-state index in [0.29, 0.717) is 6.20 Å². The number of aromatic carboxylic acids is 1. The lowest BCUT2D eigenvalue weighted by Crippen LogP contribution is -2.20. The zero-order valence-electron chi connectivity index (χ0n) is 8.69. The summed E-state index contributed by atoms with van der Waals surface area (Å²) in [4.78, 5) is 23.4. The van der Waals surface area contributed by atoms with Gasteiger partial charge in [-0.2, -0.15) is 0 Å². The Hall–Kier alpha value is -2.39. The summed E-state index contributed by atoms with van der Waals surface area (Å²) in [5, 5.41) is 19.3. The molecule has 18 heavy (non-hydrogen) atoms. The highest BCUT2D eigenvalue weighted by atomic mass is 19.4. The van der Waals surface area contributed by atoms with E-state index in [4.69, 9.17) is 5.11 Å². The van der Waals surface area contributed by atoms with E-state index in [1.54, 1.807) is 0 Å². The second-order valence-electron chi connectivity index (χ2n) is 3.05. The van der Waals surface area contributed by atoms with Gasteiger partial charge in [0.15, 0.2) is 5.56 Å². The van der Waals surface area contributed by atoms with Crippen LogP contribution in [0, 0.1) is 17.0 Å². The summed E-state index contributed by atoms with van der Waals surface area (Å²) in [5.74, 6) is -3.01. The predicted octanol–water partition coefficient (Wildman–Crippen LogP) is 1.90. The number of alkyl halides is 3. The Morgan fingerprint density at radius 1 is 1.56 bits per heavy atom. The Morgan fingerprint density at radius 2 is 2.11 bits per heavy atom. The fourth-order valence-electron chi connectivity index (χ4n) is 1.15. The molecule has 0 aromatic carbocycles. The van der Waals surface area contributed by atoms with E-state index in [2.05, 4.69) is 9.72 Å². The molecule has 1 aromatic rings. The van der Waals surface area contributed by atoms with Crippen molar-refractivity contribution in [2.75, 3.05) is 0 Å². The number of aromatic nitrogens is 1. The highest BCUT2D eigenvalue weighted by Gasteiger charge is 2.38. The standard InChI is InChI=1S/C8H5F3N2O5/c1-3-6(18-8(9,10)11)5(13(16)17)4(2-12-3)7(14)15/h2H,1H3,(H,14,15). The number of carboxylic acids is 1. The number of carbonyl (C=O) groups is 1. The summed E-state index contributed by atoms with van der Waals surface area (Å²) in [6, 6.07) is 0. The molecule has 0 radical (unpaired) electrons. The molecule has 1 heterocycles. The van der Waals surface area contributed by atoms with Crippen molar-refractivity contribution in [3.63, 3.8) is 0 Å². The molecule has 0 bridgehead atoms. The molecule has 0 saturated carbocycles. The van der Waals surface area contributed by atoms with Crippen LogP contribution in [0.4, 0.5) is 18.9 Å². The quantitative estimate of drug-likeness (QED) is 0.662. The largest absolute Gasteiger partial charge is 0.573 e. The smallest absolute Gasteiger partial charge is 0.477 e. The van der Waals surface area contributed by atoms with Gasteiger partial charge < -0.3 is 9.84 Å². The molecule has 0 saturated heterocycles. The molecular weight excluding hydrogens is 261 g/mol. The molecule has 0 amide bonds. The van der Waals surface area contributed by atoms with E-state index in [1.807, 2.05) is 0 Å². The maximum absolute atomic E-state index is 12.1. The van der Waals surface area contributed by atoms with Crippen molar-refractivity contribution in [2.45, 2.75) is 13.3 Å². The Balaban J connectivity index is 3.51. The molecule has 98 valence electrons. The number of hydrogen-bond acceptors (Lipinski definition) is 5. The third kappa shape index (κ3) is 2.84. The van der Waals surface area contributed by atoms with E-state index in [0.717, 1.165) is 6.92 Å². The monoisotopic (exact) mass is 266 g/mol. The normalized spacial score (nSPS) is 11.1. The topological polar surface area (TPSA) is 103 Å². The average molecular weight is 266 g/mol. The van der Waals surface area contributed by atoms with Gasteiger partial charge in [0.1, 0.15) is 0 Å². The van der Waals surface area contributed by atoms with Gasteiger partial charge in [0.2, 0.25) is 5.75 Å². The summed E-state index contributed by atoms with van der Waals surface area (Å²) in [5.41, 5.74) is -2.71. The predicted molar refractivity (Wildman–Crippen MR) is 49.3 cm³/mol. The molecule has 0 aliphatic heterocycles. The van der Waals surface area contributed by atoms with E-state index < -0.39 is 39.9 Å². The molecule has 0 atom stereocenters. The summed E-state index contributed by atoms with van der Waals surface area (Å²) in [7, 11) is 0. The third-order valence-corrected chi connectivity index (χ3v) is 1.82. The van der Waals surface area contributed by atoms with Crippen LogP contribution in [0.3, 0.4) is 0 Å². The number of nitro groups is 1. The number of carboxylic acid groups (broad SMARTS) is 1. The molecule has 7 nitrogen and oxygen atoms in total. The Morgan fingerprint density at radius 3 is 2.50 bits per heavy atom. The molecule has 1 aromatic heterocycles. The highest BCUT2D eigenvalue weighted by molar-refractivity contribution is 5.93. The second kappa shape index (κ2) is 4.47. The Labute approximate surface area is 97.0 Å². The lowest BCUT2D eigenvalue weighted by atomic mass is 10.2. The van der Waals surface area contributed by atoms with Crippen LogP contribution in [0.25, 0.3) is 0 Å². The van der Waals surface area contributed by atoms with Crippen molar-refractivity contribution >= 4 is 11.7 Å². The number of aryl methyl sites for hydroxylation is 1. The zero-order valence-corrected chi connectivity index (χ0v) is 8.69. The maximum atomic E-state index is 12.1. The van der Waals surface area contributed by atoms with Crippen LogP contribution < -0.4 is 4.74 Å². The first kappa shape index (κ1) is 13.7. The summed E-state index contributed by atoms with van der Waals surface area (Å²) in [6.45, 7) is 1.03. The second-order valence-corrected chi connectivity index (χ2v) is 3.05. The lowest BCUT2D eigenvalue weighted by Gasteiger charge is -2.11. The molecule has 0 aliphatic rings. The van der Waals surface area contributed by atoms with E-state index in [9.17, 15) is 28.1 Å². The van der Waals surface area contributed by atoms with Gasteiger partial charge in [-0.05, 0) is 6.92 Å². The molecule has 1 N–H and O–H groups in total. The zero-order chi connectivity index (χ0) is 14.1. The van der Waals surface area contributed by atoms with Gasteiger partial charge in [0.25, 0.3) is 0 Å². The minimum atomic E-state index is -5.19. The molecule has 0 unspecified atom stereocenters. The van der Waals surface area contributed by atoms with Crippen molar-refractivity contribution in [1.82, 2.24) is 4.98 Å². The minimum Gasteiger partial charge on any atom is -0.477 e. The maximum Gasteiger partial charge on any atom is 0.573 e. The van der Waals surface area contributed by atoms with E-state index in [-0.39, 0.29) is 0 Å². The van der Waals surface area contributed by atoms with Crippen molar-refractivity contribution in [2.24, 2.45) is 0 Å². The third-order valence-electron chi connectivity index (χ3n) is 1.82. The number of pyridine rings is 1. The van der Waals surface area contributed by atoms with Crippen LogP contribution in [0.2, 0.25) is 0 Å². The first-order valence-electron chi connectivity index (χ1n) is 4.26. The number of ether oxygens (including phenoxy) is 1. The summed E-state index contributed by atoms with van der Waals surface area (Å²) < 4.78 is 39.7. The molecule has 0 aliphatic carbocycles. The summed E-state index contributed by atoms with van der Waals surface area (Å²) >= 11 is 0. The molecular formula is C8H5F3N2O5. The number of nitrogens with zero attached hydrogens (tertiary/aromatic N) is 2. The minimum absolute atomic E-state index is 0.441. The number of hydrogen-bond donors (Lipinski definition) is 1. The van der Waals surface area contributed by atoms with Crippen LogP contribution in [0.1, 0.15) is 16.1 Å². The number of halogens is 3. The molecule has 1 rings (SSSR count). The molecule has 0 fully saturated rings. The van der Waals surface area contributed by atoms with Gasteiger partial charge in [0, 0.05) is 6.20 Å². The van der Waals surface area contributed by atoms with Gasteiger partial charge in [0.05, 0.1) is 10.6 Å². The Bertz CT molecular complexity index is 514. The van der Waals surface area contributed by atoms with Crippen molar-refractivity contribution in [3.8, 4) is 5.75 Å². The van der Waals surface area contributed by atoms with Crippen molar-refractivity contribution in [1.29, 1.82) is 0 Å². The van der Waals surface area contributed by atoms with Crippen LogP contribution in [0.15, 0.2) is 6.20 Å². The van der Waals surface area contributed by atoms with Gasteiger partial charge >= 0.3 is 18.0 Å². The first-order valence-corrected chi connectivity index (χ1v) is 4.26. The van der Waals surface area contributed by atoms with Crippen LogP contribution in [0.5, 0.6) is 5.75 Å². The summed E-state index contributed by atoms with van der Waals surface area (Å²) in [6.07, 6.45) is -4.59. The Kier molecular flexibility index (Phi) is 3.39. The fraction of sp³-hybridized carbons (Fsp3) is 0.250. The lowest BCUT2D eigenvalue weighted by molar-refractivity contribution is -0.389. The van der Waals surface area contributed by atoms with Crippen LogP contribution >= 0.6 is 0 Å². The van der Waals surface area contributed by atoms with Gasteiger partial charge in [-0.3, -0.25) is 15.1 Å². The SMILES string of the molecule is Cc1ncc(C(=O)O)c([N+](=O)[O-])c1OC(F)(F)F. The average Bonchev–Trinajstić information content (AvgIpc) is 2.17. The van der Waals surface area contributed by atoms with E-state index >= 15 is 0 Å². The van der Waals surface area contributed by atoms with Gasteiger partial charge in [-0.25, -0.2) is 4.79 Å². The van der Waals surface area contributed by atoms with E-state index in [1.165, 1.54) is 0 Å². The van der Waals surface area contributed by atoms with Crippen molar-refractivity contribution < 1.29 is 32.7 Å². The van der Waals surface area contributed by atoms with Gasteiger partial charge in [-0.1, -0.05) is 0 Å².